The SMILES string of the molecule is CCOC(=O)c1ccc(NC(=O)[C@@H](C)Oc2cccc(Cl)c2)cc1Cl. The molecule has 0 saturated heterocycles. The number of benzene rings is 2. The minimum atomic E-state index is -0.748. The molecule has 0 fully saturated rings. The summed E-state index contributed by atoms with van der Waals surface area (Å²) in [6, 6.07) is 11.3. The number of hydrogen-bond acceptors (Lipinski definition) is 4. The van der Waals surface area contributed by atoms with Crippen LogP contribution in [0.25, 0.3) is 0 Å². The number of halogens is 2. The predicted octanol–water partition coefficient (Wildman–Crippen LogP) is 4.58. The number of nitrogens with one attached hydrogen (secondary N) is 1. The van der Waals surface area contributed by atoms with E-state index in [2.05, 4.69) is 5.32 Å². The monoisotopic (exact) mass is 381 g/mol. The van der Waals surface area contributed by atoms with Gasteiger partial charge in [0.1, 0.15) is 5.75 Å². The van der Waals surface area contributed by atoms with Gasteiger partial charge in [0.05, 0.1) is 17.2 Å². The lowest BCUT2D eigenvalue weighted by Gasteiger charge is -2.15. The van der Waals surface area contributed by atoms with Gasteiger partial charge in [0.15, 0.2) is 6.10 Å². The second-order valence-electron chi connectivity index (χ2n) is 5.12. The van der Waals surface area contributed by atoms with Crippen LogP contribution in [0.5, 0.6) is 5.75 Å². The van der Waals surface area contributed by atoms with Crippen LogP contribution in [-0.2, 0) is 9.53 Å². The van der Waals surface area contributed by atoms with Crippen molar-refractivity contribution in [2.75, 3.05) is 11.9 Å². The Labute approximate surface area is 155 Å². The average Bonchev–Trinajstić information content (AvgIpc) is 2.55. The van der Waals surface area contributed by atoms with Crippen molar-refractivity contribution in [1.82, 2.24) is 0 Å². The predicted molar refractivity (Wildman–Crippen MR) is 97.6 cm³/mol. The summed E-state index contributed by atoms with van der Waals surface area (Å²) in [5.41, 5.74) is 0.689. The molecule has 7 heteroatoms. The van der Waals surface area contributed by atoms with Gasteiger partial charge < -0.3 is 14.8 Å². The minimum absolute atomic E-state index is 0.194. The number of hydrogen-bond donors (Lipinski definition) is 1. The zero-order valence-electron chi connectivity index (χ0n) is 13.7. The van der Waals surface area contributed by atoms with E-state index < -0.39 is 12.1 Å². The zero-order valence-corrected chi connectivity index (χ0v) is 15.2. The van der Waals surface area contributed by atoms with E-state index in [1.54, 1.807) is 44.2 Å². The smallest absolute Gasteiger partial charge is 0.339 e. The number of amides is 1. The Kier molecular flexibility index (Phi) is 6.67. The molecule has 132 valence electrons. The van der Waals surface area contributed by atoms with Crippen LogP contribution < -0.4 is 10.1 Å². The van der Waals surface area contributed by atoms with Gasteiger partial charge in [-0.2, -0.15) is 0 Å². The molecule has 1 amide bonds. The van der Waals surface area contributed by atoms with E-state index in [9.17, 15) is 9.59 Å². The van der Waals surface area contributed by atoms with Crippen LogP contribution in [0.15, 0.2) is 42.5 Å². The van der Waals surface area contributed by atoms with Crippen molar-refractivity contribution in [3.63, 3.8) is 0 Å². The van der Waals surface area contributed by atoms with Gasteiger partial charge >= 0.3 is 5.97 Å². The number of carbonyl (C=O) groups excluding carboxylic acids is 2. The van der Waals surface area contributed by atoms with Gasteiger partial charge in [0, 0.05) is 10.7 Å². The Balaban J connectivity index is 2.02. The van der Waals surface area contributed by atoms with E-state index in [-0.39, 0.29) is 23.1 Å². The Morgan fingerprint density at radius 2 is 1.92 bits per heavy atom. The molecule has 0 spiro atoms. The van der Waals surface area contributed by atoms with Gasteiger partial charge in [-0.05, 0) is 50.2 Å². The van der Waals surface area contributed by atoms with Crippen molar-refractivity contribution in [2.45, 2.75) is 20.0 Å². The molecular weight excluding hydrogens is 365 g/mol. The Bertz CT molecular complexity index is 779. The Hall–Kier alpha value is -2.24. The molecule has 0 bridgehead atoms. The number of ether oxygens (including phenoxy) is 2. The average molecular weight is 382 g/mol. The standard InChI is InChI=1S/C18H17Cl2NO4/c1-3-24-18(23)15-8-7-13(10-16(15)20)21-17(22)11(2)25-14-6-4-5-12(19)9-14/h4-11H,3H2,1-2H3,(H,21,22)/t11-/m1/s1. The molecule has 0 radical (unpaired) electrons. The van der Waals surface area contributed by atoms with Crippen LogP contribution in [0.3, 0.4) is 0 Å². The summed E-state index contributed by atoms with van der Waals surface area (Å²) in [6.07, 6.45) is -0.748. The highest BCUT2D eigenvalue weighted by Crippen LogP contribution is 2.23. The highest BCUT2D eigenvalue weighted by atomic mass is 35.5. The molecule has 2 rings (SSSR count). The summed E-state index contributed by atoms with van der Waals surface area (Å²) in [7, 11) is 0. The van der Waals surface area contributed by atoms with E-state index in [0.29, 0.717) is 16.5 Å². The fourth-order valence-corrected chi connectivity index (χ4v) is 2.45. The van der Waals surface area contributed by atoms with E-state index >= 15 is 0 Å². The molecule has 0 unspecified atom stereocenters. The number of rotatable bonds is 6. The van der Waals surface area contributed by atoms with Gasteiger partial charge in [-0.25, -0.2) is 4.79 Å². The summed E-state index contributed by atoms with van der Waals surface area (Å²) < 4.78 is 10.5. The molecule has 25 heavy (non-hydrogen) atoms. The van der Waals surface area contributed by atoms with Crippen molar-refractivity contribution < 1.29 is 19.1 Å². The highest BCUT2D eigenvalue weighted by molar-refractivity contribution is 6.34. The largest absolute Gasteiger partial charge is 0.481 e. The first kappa shape index (κ1) is 19.1. The molecule has 2 aromatic carbocycles. The van der Waals surface area contributed by atoms with E-state index in [1.165, 1.54) is 12.1 Å². The summed E-state index contributed by atoms with van der Waals surface area (Å²) in [5, 5.41) is 3.40. The van der Waals surface area contributed by atoms with Gasteiger partial charge in [0.25, 0.3) is 5.91 Å². The van der Waals surface area contributed by atoms with E-state index in [4.69, 9.17) is 32.7 Å². The molecule has 0 aromatic heterocycles. The second kappa shape index (κ2) is 8.74. The van der Waals surface area contributed by atoms with Crippen LogP contribution in [-0.4, -0.2) is 24.6 Å². The first-order chi connectivity index (χ1) is 11.9. The topological polar surface area (TPSA) is 64.6 Å². The van der Waals surface area contributed by atoms with Gasteiger partial charge in [-0.15, -0.1) is 0 Å². The first-order valence-electron chi connectivity index (χ1n) is 7.60. The maximum atomic E-state index is 12.2. The fourth-order valence-electron chi connectivity index (χ4n) is 2.01. The third kappa shape index (κ3) is 5.37. The molecule has 2 aromatic rings. The molecule has 0 aliphatic rings. The molecule has 0 saturated carbocycles. The van der Waals surface area contributed by atoms with Crippen molar-refractivity contribution in [3.8, 4) is 5.75 Å². The normalized spacial score (nSPS) is 11.5. The van der Waals surface area contributed by atoms with Gasteiger partial charge in [-0.3, -0.25) is 4.79 Å². The lowest BCUT2D eigenvalue weighted by molar-refractivity contribution is -0.122. The van der Waals surface area contributed by atoms with Gasteiger partial charge in [0.2, 0.25) is 0 Å². The highest BCUT2D eigenvalue weighted by Gasteiger charge is 2.17. The number of esters is 1. The first-order valence-corrected chi connectivity index (χ1v) is 8.36. The maximum Gasteiger partial charge on any atom is 0.339 e. The Morgan fingerprint density at radius 3 is 2.56 bits per heavy atom. The lowest BCUT2D eigenvalue weighted by Crippen LogP contribution is -2.30. The van der Waals surface area contributed by atoms with Crippen molar-refractivity contribution in [2.24, 2.45) is 0 Å². The second-order valence-corrected chi connectivity index (χ2v) is 5.97. The molecule has 0 aliphatic heterocycles. The number of carbonyl (C=O) groups is 2. The summed E-state index contributed by atoms with van der Waals surface area (Å²) in [4.78, 5) is 23.9. The van der Waals surface area contributed by atoms with Crippen LogP contribution in [0.4, 0.5) is 5.69 Å². The molecule has 1 N–H and O–H groups in total. The summed E-state index contributed by atoms with van der Waals surface area (Å²) in [5.74, 6) is -0.381. The van der Waals surface area contributed by atoms with E-state index in [0.717, 1.165) is 0 Å². The molecular formula is C18H17Cl2NO4. The van der Waals surface area contributed by atoms with Crippen LogP contribution >= 0.6 is 23.2 Å². The zero-order chi connectivity index (χ0) is 18.4. The lowest BCUT2D eigenvalue weighted by atomic mass is 10.2. The molecule has 0 aliphatic carbocycles. The quantitative estimate of drug-likeness (QED) is 0.743. The molecule has 1 atom stereocenters. The maximum absolute atomic E-state index is 12.2. The molecule has 0 heterocycles. The fraction of sp³-hybridized carbons (Fsp3) is 0.222. The van der Waals surface area contributed by atoms with Crippen molar-refractivity contribution >= 4 is 40.8 Å². The molecule has 5 nitrogen and oxygen atoms in total. The van der Waals surface area contributed by atoms with Crippen molar-refractivity contribution in [1.29, 1.82) is 0 Å². The third-order valence-corrected chi connectivity index (χ3v) is 3.76. The van der Waals surface area contributed by atoms with Crippen LogP contribution in [0.2, 0.25) is 10.0 Å². The van der Waals surface area contributed by atoms with Gasteiger partial charge in [-0.1, -0.05) is 29.3 Å². The third-order valence-electron chi connectivity index (χ3n) is 3.21. The summed E-state index contributed by atoms with van der Waals surface area (Å²) in [6.45, 7) is 3.58. The number of anilines is 1. The van der Waals surface area contributed by atoms with Crippen LogP contribution in [0.1, 0.15) is 24.2 Å². The Morgan fingerprint density at radius 1 is 1.16 bits per heavy atom. The minimum Gasteiger partial charge on any atom is -0.481 e. The summed E-state index contributed by atoms with van der Waals surface area (Å²) >= 11 is 12.0. The van der Waals surface area contributed by atoms with Crippen LogP contribution in [0, 0.1) is 0 Å². The van der Waals surface area contributed by atoms with Crippen molar-refractivity contribution in [3.05, 3.63) is 58.1 Å². The van der Waals surface area contributed by atoms with E-state index in [1.807, 2.05) is 0 Å².